The van der Waals surface area contributed by atoms with E-state index in [1.165, 1.54) is 0 Å². The molecule has 0 spiro atoms. The van der Waals surface area contributed by atoms with Gasteiger partial charge in [0, 0.05) is 16.8 Å². The summed E-state index contributed by atoms with van der Waals surface area (Å²) in [5, 5.41) is 9.37. The van der Waals surface area contributed by atoms with E-state index in [0.717, 1.165) is 10.4 Å². The molecule has 4 nitrogen and oxygen atoms in total. The number of nitrogens with zero attached hydrogens (tertiary/aromatic N) is 1. The van der Waals surface area contributed by atoms with Crippen LogP contribution in [0.5, 0.6) is 0 Å². The number of halogens is 1. The van der Waals surface area contributed by atoms with Crippen LogP contribution < -0.4 is 5.32 Å². The number of aromatic nitrogens is 1. The molecule has 0 fully saturated rings. The van der Waals surface area contributed by atoms with Crippen LogP contribution >= 0.6 is 22.9 Å². The van der Waals surface area contributed by atoms with E-state index in [-0.39, 0.29) is 12.3 Å². The zero-order valence-electron chi connectivity index (χ0n) is 11.8. The highest BCUT2D eigenvalue weighted by atomic mass is 35.5. The molecule has 0 aliphatic carbocycles. The third-order valence-electron chi connectivity index (χ3n) is 3.21. The minimum atomic E-state index is -0.156. The molecular formula is C16H13ClN2O2S. The third kappa shape index (κ3) is 3.21. The lowest BCUT2D eigenvalue weighted by atomic mass is 10.2. The molecule has 22 heavy (non-hydrogen) atoms. The van der Waals surface area contributed by atoms with Gasteiger partial charge in [0.2, 0.25) is 5.91 Å². The average molecular weight is 333 g/mol. The fraction of sp³-hybridized carbons (Fsp3) is 0.125. The zero-order chi connectivity index (χ0) is 15.5. The van der Waals surface area contributed by atoms with Crippen molar-refractivity contribution in [1.82, 2.24) is 5.16 Å². The second-order valence-electron chi connectivity index (χ2n) is 4.80. The summed E-state index contributed by atoms with van der Waals surface area (Å²) in [6.45, 7) is 1.86. The van der Waals surface area contributed by atoms with Gasteiger partial charge in [-0.05, 0) is 36.1 Å². The minimum Gasteiger partial charge on any atom is -0.355 e. The van der Waals surface area contributed by atoms with Crippen LogP contribution in [0.3, 0.4) is 0 Å². The molecule has 0 bridgehead atoms. The number of amides is 1. The van der Waals surface area contributed by atoms with E-state index in [0.29, 0.717) is 22.2 Å². The van der Waals surface area contributed by atoms with Gasteiger partial charge in [-0.3, -0.25) is 4.79 Å². The summed E-state index contributed by atoms with van der Waals surface area (Å²) in [4.78, 5) is 13.1. The summed E-state index contributed by atoms with van der Waals surface area (Å²) >= 11 is 7.61. The Balaban J connectivity index is 1.68. The first-order valence-corrected chi connectivity index (χ1v) is 7.93. The van der Waals surface area contributed by atoms with Gasteiger partial charge in [0.05, 0.1) is 17.0 Å². The van der Waals surface area contributed by atoms with Crippen LogP contribution in [0.4, 0.5) is 5.69 Å². The number of thiophene rings is 1. The van der Waals surface area contributed by atoms with Gasteiger partial charge >= 0.3 is 0 Å². The predicted molar refractivity (Wildman–Crippen MR) is 88.3 cm³/mol. The maximum Gasteiger partial charge on any atom is 0.230 e. The van der Waals surface area contributed by atoms with Crippen LogP contribution in [0.1, 0.15) is 11.3 Å². The largest absolute Gasteiger partial charge is 0.355 e. The SMILES string of the molecule is Cc1c(Cl)cccc1NC(=O)Cc1cc(-c2cccs2)on1. The van der Waals surface area contributed by atoms with Crippen molar-refractivity contribution in [3.05, 3.63) is 58.1 Å². The number of nitrogens with one attached hydrogen (secondary N) is 1. The molecule has 0 radical (unpaired) electrons. The molecule has 1 amide bonds. The smallest absolute Gasteiger partial charge is 0.230 e. The zero-order valence-corrected chi connectivity index (χ0v) is 13.4. The molecule has 0 saturated heterocycles. The third-order valence-corrected chi connectivity index (χ3v) is 4.50. The minimum absolute atomic E-state index is 0.154. The van der Waals surface area contributed by atoms with Gasteiger partial charge in [-0.25, -0.2) is 0 Å². The molecule has 1 N–H and O–H groups in total. The molecule has 0 unspecified atom stereocenters. The highest BCUT2D eigenvalue weighted by molar-refractivity contribution is 7.13. The molecule has 6 heteroatoms. The lowest BCUT2D eigenvalue weighted by molar-refractivity contribution is -0.115. The second kappa shape index (κ2) is 6.34. The fourth-order valence-corrected chi connectivity index (χ4v) is 2.88. The standard InChI is InChI=1S/C16H13ClN2O2S/c1-10-12(17)4-2-5-13(10)18-16(20)9-11-8-14(21-19-11)15-6-3-7-22-15/h2-8H,9H2,1H3,(H,18,20). The summed E-state index contributed by atoms with van der Waals surface area (Å²) in [6, 6.07) is 11.1. The maximum absolute atomic E-state index is 12.1. The molecule has 0 aliphatic heterocycles. The molecule has 3 rings (SSSR count). The van der Waals surface area contributed by atoms with Crippen LogP contribution in [0.15, 0.2) is 46.3 Å². The van der Waals surface area contributed by atoms with Crippen molar-refractivity contribution in [2.24, 2.45) is 0 Å². The van der Waals surface area contributed by atoms with Gasteiger partial charge in [-0.1, -0.05) is 28.9 Å². The maximum atomic E-state index is 12.1. The summed E-state index contributed by atoms with van der Waals surface area (Å²) < 4.78 is 5.26. The van der Waals surface area contributed by atoms with Gasteiger partial charge in [-0.2, -0.15) is 0 Å². The van der Waals surface area contributed by atoms with Crippen LogP contribution in [-0.4, -0.2) is 11.1 Å². The number of carbonyl (C=O) groups is 1. The highest BCUT2D eigenvalue weighted by Crippen LogP contribution is 2.26. The van der Waals surface area contributed by atoms with Crippen LogP contribution in [0.2, 0.25) is 5.02 Å². The number of hydrogen-bond donors (Lipinski definition) is 1. The Hall–Kier alpha value is -2.11. The van der Waals surface area contributed by atoms with Crippen LogP contribution in [0, 0.1) is 6.92 Å². The van der Waals surface area contributed by atoms with Crippen molar-refractivity contribution in [3.63, 3.8) is 0 Å². The van der Waals surface area contributed by atoms with Crippen molar-refractivity contribution < 1.29 is 9.32 Å². The van der Waals surface area contributed by atoms with Gasteiger partial charge in [0.15, 0.2) is 5.76 Å². The van der Waals surface area contributed by atoms with Crippen molar-refractivity contribution >= 4 is 34.5 Å². The Morgan fingerprint density at radius 2 is 2.23 bits per heavy atom. The monoisotopic (exact) mass is 332 g/mol. The Bertz CT molecular complexity index is 796. The molecule has 1 aromatic carbocycles. The van der Waals surface area contributed by atoms with Crippen molar-refractivity contribution in [2.45, 2.75) is 13.3 Å². The molecule has 2 heterocycles. The quantitative estimate of drug-likeness (QED) is 0.762. The van der Waals surface area contributed by atoms with E-state index < -0.39 is 0 Å². The Morgan fingerprint density at radius 3 is 3.00 bits per heavy atom. The van der Waals surface area contributed by atoms with Crippen LogP contribution in [0.25, 0.3) is 10.6 Å². The molecular weight excluding hydrogens is 320 g/mol. The predicted octanol–water partition coefficient (Wildman–Crippen LogP) is 4.55. The molecule has 0 aliphatic rings. The van der Waals surface area contributed by atoms with Gasteiger partial charge < -0.3 is 9.84 Å². The number of rotatable bonds is 4. The normalized spacial score (nSPS) is 10.6. The van der Waals surface area contributed by atoms with E-state index in [2.05, 4.69) is 10.5 Å². The summed E-state index contributed by atoms with van der Waals surface area (Å²) in [7, 11) is 0. The number of benzene rings is 1. The number of anilines is 1. The average Bonchev–Trinajstić information content (AvgIpc) is 3.14. The Morgan fingerprint density at radius 1 is 1.36 bits per heavy atom. The molecule has 2 aromatic heterocycles. The van der Waals surface area contributed by atoms with Gasteiger partial charge in [0.25, 0.3) is 0 Å². The van der Waals surface area contributed by atoms with E-state index in [1.807, 2.05) is 30.5 Å². The Labute approximate surface area is 136 Å². The van der Waals surface area contributed by atoms with E-state index in [4.69, 9.17) is 16.1 Å². The van der Waals surface area contributed by atoms with Crippen molar-refractivity contribution in [3.8, 4) is 10.6 Å². The van der Waals surface area contributed by atoms with Crippen molar-refractivity contribution in [1.29, 1.82) is 0 Å². The number of carbonyl (C=O) groups excluding carboxylic acids is 1. The van der Waals surface area contributed by atoms with Gasteiger partial charge in [0.1, 0.15) is 0 Å². The molecule has 112 valence electrons. The first-order valence-electron chi connectivity index (χ1n) is 6.68. The summed E-state index contributed by atoms with van der Waals surface area (Å²) in [5.41, 5.74) is 2.15. The Kier molecular flexibility index (Phi) is 4.27. The van der Waals surface area contributed by atoms with Crippen LogP contribution in [-0.2, 0) is 11.2 Å². The molecule has 3 aromatic rings. The number of hydrogen-bond acceptors (Lipinski definition) is 4. The lowest BCUT2D eigenvalue weighted by Crippen LogP contribution is -2.15. The first-order chi connectivity index (χ1) is 10.6. The van der Waals surface area contributed by atoms with E-state index in [9.17, 15) is 4.79 Å². The lowest BCUT2D eigenvalue weighted by Gasteiger charge is -2.08. The molecule has 0 atom stereocenters. The van der Waals surface area contributed by atoms with E-state index >= 15 is 0 Å². The summed E-state index contributed by atoms with van der Waals surface area (Å²) in [5.74, 6) is 0.521. The first kappa shape index (κ1) is 14.8. The van der Waals surface area contributed by atoms with Crippen molar-refractivity contribution in [2.75, 3.05) is 5.32 Å². The van der Waals surface area contributed by atoms with Gasteiger partial charge in [-0.15, -0.1) is 11.3 Å². The summed E-state index contributed by atoms with van der Waals surface area (Å²) in [6.07, 6.45) is 0.154. The highest BCUT2D eigenvalue weighted by Gasteiger charge is 2.12. The molecule has 0 saturated carbocycles. The topological polar surface area (TPSA) is 55.1 Å². The fourth-order valence-electron chi connectivity index (χ4n) is 2.03. The second-order valence-corrected chi connectivity index (χ2v) is 6.15. The van der Waals surface area contributed by atoms with E-state index in [1.54, 1.807) is 29.5 Å².